The number of carbonyl (C=O) groups excluding carboxylic acids is 1. The summed E-state index contributed by atoms with van der Waals surface area (Å²) >= 11 is 1.42. The number of urea groups is 1. The average molecular weight is 410 g/mol. The van der Waals surface area contributed by atoms with Crippen LogP contribution in [0.15, 0.2) is 71.7 Å². The Labute approximate surface area is 172 Å². The lowest BCUT2D eigenvalue weighted by Crippen LogP contribution is -2.28. The molecule has 3 aromatic rings. The molecule has 2 amide bonds. The molecule has 29 heavy (non-hydrogen) atoms. The number of allylic oxidation sites excluding steroid dienone is 1. The molecule has 0 atom stereocenters. The van der Waals surface area contributed by atoms with Gasteiger partial charge in [-0.05, 0) is 30.3 Å². The number of aromatic nitrogens is 1. The zero-order valence-corrected chi connectivity index (χ0v) is 17.0. The molecule has 0 saturated heterocycles. The van der Waals surface area contributed by atoms with E-state index in [2.05, 4.69) is 22.4 Å². The lowest BCUT2D eigenvalue weighted by Gasteiger charge is -2.11. The van der Waals surface area contributed by atoms with Crippen molar-refractivity contribution in [3.63, 3.8) is 0 Å². The molecule has 0 aliphatic heterocycles. The number of methoxy groups -OCH3 is 2. The molecular weight excluding hydrogens is 388 g/mol. The Balaban J connectivity index is 1.87. The molecule has 0 spiro atoms. The van der Waals surface area contributed by atoms with Gasteiger partial charge in [0.25, 0.3) is 0 Å². The molecule has 0 aliphatic rings. The van der Waals surface area contributed by atoms with Gasteiger partial charge in [-0.25, -0.2) is 10.2 Å². The first-order chi connectivity index (χ1) is 14.2. The molecule has 7 nitrogen and oxygen atoms in total. The summed E-state index contributed by atoms with van der Waals surface area (Å²) in [5.41, 5.74) is 5.10. The maximum atomic E-state index is 12.1. The highest BCUT2D eigenvalue weighted by Crippen LogP contribution is 2.32. The van der Waals surface area contributed by atoms with E-state index in [4.69, 9.17) is 9.47 Å². The van der Waals surface area contributed by atoms with Crippen LogP contribution >= 0.6 is 11.3 Å². The Bertz CT molecular complexity index is 1060. The maximum Gasteiger partial charge on any atom is 0.339 e. The summed E-state index contributed by atoms with van der Waals surface area (Å²) in [5, 5.41) is 8.96. The molecule has 0 fully saturated rings. The summed E-state index contributed by atoms with van der Waals surface area (Å²) in [5.74, 6) is 1.30. The van der Waals surface area contributed by atoms with Crippen molar-refractivity contribution < 1.29 is 14.3 Å². The van der Waals surface area contributed by atoms with Crippen molar-refractivity contribution in [2.75, 3.05) is 19.5 Å². The third-order valence-electron chi connectivity index (χ3n) is 4.07. The van der Waals surface area contributed by atoms with Gasteiger partial charge >= 0.3 is 6.03 Å². The van der Waals surface area contributed by atoms with Crippen LogP contribution in [0.1, 0.15) is 0 Å². The first kappa shape index (κ1) is 20.2. The number of carbonyl (C=O) groups is 1. The predicted octanol–water partition coefficient (Wildman–Crippen LogP) is 4.06. The Morgan fingerprint density at radius 2 is 1.93 bits per heavy atom. The van der Waals surface area contributed by atoms with Gasteiger partial charge in [0, 0.05) is 23.2 Å². The molecule has 2 N–H and O–H groups in total. The highest BCUT2D eigenvalue weighted by atomic mass is 32.1. The second kappa shape index (κ2) is 9.61. The maximum absolute atomic E-state index is 12.1. The van der Waals surface area contributed by atoms with Gasteiger partial charge in [-0.3, -0.25) is 0 Å². The van der Waals surface area contributed by atoms with Crippen LogP contribution in [0.25, 0.3) is 11.3 Å². The summed E-state index contributed by atoms with van der Waals surface area (Å²) in [4.78, 5) is 12.8. The highest BCUT2D eigenvalue weighted by Gasteiger charge is 2.11. The van der Waals surface area contributed by atoms with E-state index in [9.17, 15) is 4.79 Å². The monoisotopic (exact) mass is 410 g/mol. The zero-order valence-electron chi connectivity index (χ0n) is 16.2. The van der Waals surface area contributed by atoms with Crippen LogP contribution in [-0.2, 0) is 6.54 Å². The van der Waals surface area contributed by atoms with Crippen LogP contribution in [0.3, 0.4) is 0 Å². The van der Waals surface area contributed by atoms with Crippen molar-refractivity contribution in [1.29, 1.82) is 0 Å². The second-order valence-electron chi connectivity index (χ2n) is 5.92. The normalized spacial score (nSPS) is 11.0. The lowest BCUT2D eigenvalue weighted by molar-refractivity contribution is 0.252. The molecule has 0 aliphatic carbocycles. The third-order valence-corrected chi connectivity index (χ3v) is 4.94. The highest BCUT2D eigenvalue weighted by molar-refractivity contribution is 7.07. The zero-order chi connectivity index (χ0) is 20.6. The summed E-state index contributed by atoms with van der Waals surface area (Å²) in [6, 6.07) is 14.5. The van der Waals surface area contributed by atoms with Crippen LogP contribution in [0, 0.1) is 0 Å². The van der Waals surface area contributed by atoms with Crippen molar-refractivity contribution in [1.82, 2.24) is 9.99 Å². The van der Waals surface area contributed by atoms with E-state index in [-0.39, 0.29) is 0 Å². The first-order valence-electron chi connectivity index (χ1n) is 8.83. The second-order valence-corrected chi connectivity index (χ2v) is 6.75. The molecule has 0 bridgehead atoms. The summed E-state index contributed by atoms with van der Waals surface area (Å²) in [6.45, 7) is 4.36. The molecule has 2 aromatic carbocycles. The van der Waals surface area contributed by atoms with E-state index in [1.165, 1.54) is 11.3 Å². The van der Waals surface area contributed by atoms with Gasteiger partial charge in [-0.1, -0.05) is 24.3 Å². The smallest absolute Gasteiger partial charge is 0.339 e. The number of ether oxygens (including phenoxy) is 2. The standard InChI is InChI=1S/C21H22N4O3S/c1-4-12-25-17(15-10-11-18(27-2)19(13-15)28-3)14-29-21(25)24-23-20(26)22-16-8-6-5-7-9-16/h4-11,13-14H,1,12H2,2-3H3,(H2,22,23,26)/b24-21-. The number of hydrogen-bond donors (Lipinski definition) is 2. The number of thiazole rings is 1. The van der Waals surface area contributed by atoms with Gasteiger partial charge in [0.15, 0.2) is 11.5 Å². The van der Waals surface area contributed by atoms with E-state index in [1.54, 1.807) is 32.4 Å². The molecule has 3 rings (SSSR count). The Hall–Kier alpha value is -3.52. The Morgan fingerprint density at radius 1 is 1.17 bits per heavy atom. The summed E-state index contributed by atoms with van der Waals surface area (Å²) in [7, 11) is 3.20. The number of benzene rings is 2. The number of rotatable bonds is 7. The first-order valence-corrected chi connectivity index (χ1v) is 9.71. The fraction of sp³-hybridized carbons (Fsp3) is 0.143. The fourth-order valence-electron chi connectivity index (χ4n) is 2.73. The van der Waals surface area contributed by atoms with E-state index < -0.39 is 6.03 Å². The minimum atomic E-state index is -0.414. The van der Waals surface area contributed by atoms with Crippen LogP contribution in [0.4, 0.5) is 10.5 Å². The molecule has 1 aromatic heterocycles. The largest absolute Gasteiger partial charge is 0.493 e. The van der Waals surface area contributed by atoms with Crippen molar-refractivity contribution in [2.24, 2.45) is 5.10 Å². The van der Waals surface area contributed by atoms with Crippen molar-refractivity contribution in [2.45, 2.75) is 6.54 Å². The molecule has 1 heterocycles. The van der Waals surface area contributed by atoms with Gasteiger partial charge in [-0.15, -0.1) is 23.0 Å². The van der Waals surface area contributed by atoms with E-state index in [0.717, 1.165) is 11.3 Å². The van der Waals surface area contributed by atoms with Crippen LogP contribution < -0.4 is 25.0 Å². The molecule has 0 radical (unpaired) electrons. The summed E-state index contributed by atoms with van der Waals surface area (Å²) in [6.07, 6.45) is 1.78. The Kier molecular flexibility index (Phi) is 6.70. The molecule has 0 saturated carbocycles. The molecular formula is C21H22N4O3S. The molecule has 8 heteroatoms. The third kappa shape index (κ3) is 4.85. The quantitative estimate of drug-likeness (QED) is 0.456. The van der Waals surface area contributed by atoms with Gasteiger partial charge < -0.3 is 19.4 Å². The van der Waals surface area contributed by atoms with Crippen LogP contribution in [0.5, 0.6) is 11.5 Å². The number of hydrogen-bond acceptors (Lipinski definition) is 5. The topological polar surface area (TPSA) is 76.9 Å². The van der Waals surface area contributed by atoms with Crippen LogP contribution in [-0.4, -0.2) is 24.8 Å². The number of amides is 2. The van der Waals surface area contributed by atoms with Crippen LogP contribution in [0.2, 0.25) is 0 Å². The minimum absolute atomic E-state index is 0.414. The summed E-state index contributed by atoms with van der Waals surface area (Å²) < 4.78 is 12.7. The predicted molar refractivity (Wildman–Crippen MR) is 115 cm³/mol. The van der Waals surface area contributed by atoms with Gasteiger partial charge in [0.1, 0.15) is 0 Å². The van der Waals surface area contributed by atoms with E-state index in [1.807, 2.05) is 46.3 Å². The van der Waals surface area contributed by atoms with Gasteiger partial charge in [0.2, 0.25) is 4.80 Å². The number of anilines is 1. The van der Waals surface area contributed by atoms with Gasteiger partial charge in [-0.2, -0.15) is 0 Å². The van der Waals surface area contributed by atoms with E-state index >= 15 is 0 Å². The average Bonchev–Trinajstić information content (AvgIpc) is 3.15. The number of nitrogens with one attached hydrogen (secondary N) is 2. The van der Waals surface area contributed by atoms with Crippen molar-refractivity contribution in [3.05, 3.63) is 71.4 Å². The fourth-order valence-corrected chi connectivity index (χ4v) is 3.61. The van der Waals surface area contributed by atoms with E-state index in [0.29, 0.717) is 28.5 Å². The number of para-hydroxylation sites is 1. The SMILES string of the molecule is C=CCn1c(-c2ccc(OC)c(OC)c2)cs/c1=N\NC(=O)Nc1ccccc1. The van der Waals surface area contributed by atoms with Crippen molar-refractivity contribution >= 4 is 23.1 Å². The lowest BCUT2D eigenvalue weighted by atomic mass is 10.1. The molecule has 150 valence electrons. The van der Waals surface area contributed by atoms with Crippen molar-refractivity contribution in [3.8, 4) is 22.8 Å². The number of nitrogens with zero attached hydrogens (tertiary/aromatic N) is 2. The van der Waals surface area contributed by atoms with Gasteiger partial charge in [0.05, 0.1) is 19.9 Å². The molecule has 0 unspecified atom stereocenters. The minimum Gasteiger partial charge on any atom is -0.493 e. The Morgan fingerprint density at radius 3 is 2.62 bits per heavy atom.